The number of aromatic nitrogens is 1. The number of halogens is 2. The van der Waals surface area contributed by atoms with Crippen LogP contribution in [0.15, 0.2) is 41.0 Å². The zero-order valence-corrected chi connectivity index (χ0v) is 11.4. The van der Waals surface area contributed by atoms with Gasteiger partial charge in [-0.1, -0.05) is 23.7 Å². The molecule has 1 aromatic carbocycles. The van der Waals surface area contributed by atoms with Gasteiger partial charge >= 0.3 is 0 Å². The van der Waals surface area contributed by atoms with E-state index in [0.29, 0.717) is 10.7 Å². The van der Waals surface area contributed by atoms with E-state index in [1.54, 1.807) is 23.9 Å². The van der Waals surface area contributed by atoms with Gasteiger partial charge in [-0.15, -0.1) is 0 Å². The fourth-order valence-electron chi connectivity index (χ4n) is 1.50. The van der Waals surface area contributed by atoms with Gasteiger partial charge in [0.25, 0.3) is 5.91 Å². The molecular formula is C12H10BrClN2O. The molecule has 1 heterocycles. The van der Waals surface area contributed by atoms with E-state index in [1.807, 2.05) is 24.3 Å². The van der Waals surface area contributed by atoms with Gasteiger partial charge in [0.15, 0.2) is 0 Å². The van der Waals surface area contributed by atoms with E-state index < -0.39 is 0 Å². The van der Waals surface area contributed by atoms with Gasteiger partial charge in [0.1, 0.15) is 5.69 Å². The lowest BCUT2D eigenvalue weighted by Gasteiger charge is -2.07. The van der Waals surface area contributed by atoms with Crippen molar-refractivity contribution in [2.24, 2.45) is 7.05 Å². The Morgan fingerprint density at radius 1 is 1.41 bits per heavy atom. The monoisotopic (exact) mass is 312 g/mol. The number of anilines is 1. The second-order valence-corrected chi connectivity index (χ2v) is 4.88. The number of benzene rings is 1. The first-order chi connectivity index (χ1) is 8.08. The highest BCUT2D eigenvalue weighted by Crippen LogP contribution is 2.22. The fraction of sp³-hybridized carbons (Fsp3) is 0.0833. The Hall–Kier alpha value is -1.26. The van der Waals surface area contributed by atoms with E-state index >= 15 is 0 Å². The molecule has 1 amide bonds. The van der Waals surface area contributed by atoms with E-state index in [4.69, 9.17) is 11.6 Å². The molecule has 17 heavy (non-hydrogen) atoms. The van der Waals surface area contributed by atoms with Crippen LogP contribution >= 0.6 is 27.5 Å². The summed E-state index contributed by atoms with van der Waals surface area (Å²) < 4.78 is 2.53. The Morgan fingerprint density at radius 3 is 2.71 bits per heavy atom. The first kappa shape index (κ1) is 12.2. The molecular weight excluding hydrogens is 304 g/mol. The molecule has 0 bridgehead atoms. The number of para-hydroxylation sites is 1. The zero-order valence-electron chi connectivity index (χ0n) is 9.08. The number of amides is 1. The van der Waals surface area contributed by atoms with Gasteiger partial charge < -0.3 is 9.88 Å². The van der Waals surface area contributed by atoms with E-state index in [1.165, 1.54) is 0 Å². The van der Waals surface area contributed by atoms with Gasteiger partial charge in [-0.25, -0.2) is 0 Å². The summed E-state index contributed by atoms with van der Waals surface area (Å²) >= 11 is 9.21. The van der Waals surface area contributed by atoms with Gasteiger partial charge in [-0.2, -0.15) is 0 Å². The summed E-state index contributed by atoms with van der Waals surface area (Å²) in [4.78, 5) is 12.0. The smallest absolute Gasteiger partial charge is 0.272 e. The number of nitrogens with zero attached hydrogens (tertiary/aromatic N) is 1. The van der Waals surface area contributed by atoms with Crippen LogP contribution in [0, 0.1) is 0 Å². The average molecular weight is 314 g/mol. The number of hydrogen-bond donors (Lipinski definition) is 1. The van der Waals surface area contributed by atoms with Crippen molar-refractivity contribution < 1.29 is 4.79 Å². The molecule has 0 aliphatic carbocycles. The molecule has 1 N–H and O–H groups in total. The lowest BCUT2D eigenvalue weighted by Crippen LogP contribution is -2.15. The maximum absolute atomic E-state index is 12.0. The summed E-state index contributed by atoms with van der Waals surface area (Å²) in [6, 6.07) is 9.07. The van der Waals surface area contributed by atoms with Gasteiger partial charge in [-0.05, 0) is 34.1 Å². The highest BCUT2D eigenvalue weighted by atomic mass is 79.9. The second-order valence-electron chi connectivity index (χ2n) is 3.59. The summed E-state index contributed by atoms with van der Waals surface area (Å²) in [5.74, 6) is -0.189. The summed E-state index contributed by atoms with van der Waals surface area (Å²) in [5, 5.41) is 3.36. The minimum atomic E-state index is -0.189. The Balaban J connectivity index is 2.23. The molecule has 0 fully saturated rings. The molecule has 2 rings (SSSR count). The molecule has 0 aliphatic heterocycles. The molecule has 0 unspecified atom stereocenters. The lowest BCUT2D eigenvalue weighted by atomic mass is 10.3. The standard InChI is InChI=1S/C12H10BrClN2O/c1-16-7-8(14)6-11(16)12(17)15-10-5-3-2-4-9(10)13/h2-7H,1H3,(H,15,17). The fourth-order valence-corrected chi connectivity index (χ4v) is 2.13. The van der Waals surface area contributed by atoms with Crippen molar-refractivity contribution >= 4 is 39.1 Å². The number of nitrogens with one attached hydrogen (secondary N) is 1. The molecule has 0 saturated heterocycles. The summed E-state index contributed by atoms with van der Waals surface area (Å²) in [6.07, 6.45) is 1.69. The largest absolute Gasteiger partial charge is 0.345 e. The SMILES string of the molecule is Cn1cc(Cl)cc1C(=O)Nc1ccccc1Br. The van der Waals surface area contributed by atoms with Crippen molar-refractivity contribution in [2.45, 2.75) is 0 Å². The highest BCUT2D eigenvalue weighted by Gasteiger charge is 2.12. The number of hydrogen-bond acceptors (Lipinski definition) is 1. The normalized spacial score (nSPS) is 10.3. The zero-order chi connectivity index (χ0) is 12.4. The molecule has 3 nitrogen and oxygen atoms in total. The third-order valence-electron chi connectivity index (χ3n) is 2.33. The van der Waals surface area contributed by atoms with E-state index in [0.717, 1.165) is 10.2 Å². The van der Waals surface area contributed by atoms with Crippen LogP contribution in [0.5, 0.6) is 0 Å². The number of aryl methyl sites for hydroxylation is 1. The van der Waals surface area contributed by atoms with Crippen LogP contribution in [-0.4, -0.2) is 10.5 Å². The summed E-state index contributed by atoms with van der Waals surface area (Å²) in [6.45, 7) is 0. The lowest BCUT2D eigenvalue weighted by molar-refractivity contribution is 0.101. The Kier molecular flexibility index (Phi) is 3.54. The van der Waals surface area contributed by atoms with Gasteiger partial charge in [0.2, 0.25) is 0 Å². The molecule has 5 heteroatoms. The van der Waals surface area contributed by atoms with Crippen LogP contribution in [-0.2, 0) is 7.05 Å². The van der Waals surface area contributed by atoms with Crippen LogP contribution in [0.25, 0.3) is 0 Å². The summed E-state index contributed by atoms with van der Waals surface area (Å²) in [5.41, 5.74) is 1.25. The number of carbonyl (C=O) groups excluding carboxylic acids is 1. The second kappa shape index (κ2) is 4.94. The van der Waals surface area contributed by atoms with E-state index in [2.05, 4.69) is 21.2 Å². The first-order valence-electron chi connectivity index (χ1n) is 4.95. The quantitative estimate of drug-likeness (QED) is 0.901. The molecule has 0 spiro atoms. The Morgan fingerprint density at radius 2 is 2.12 bits per heavy atom. The van der Waals surface area contributed by atoms with Crippen molar-refractivity contribution in [3.8, 4) is 0 Å². The number of rotatable bonds is 2. The maximum atomic E-state index is 12.0. The predicted molar refractivity (Wildman–Crippen MR) is 72.5 cm³/mol. The van der Waals surface area contributed by atoms with Crippen molar-refractivity contribution in [1.29, 1.82) is 0 Å². The van der Waals surface area contributed by atoms with Crippen LogP contribution in [0.1, 0.15) is 10.5 Å². The Bertz CT molecular complexity index is 565. The molecule has 1 aromatic heterocycles. The molecule has 2 aromatic rings. The minimum Gasteiger partial charge on any atom is -0.345 e. The molecule has 0 atom stereocenters. The van der Waals surface area contributed by atoms with E-state index in [9.17, 15) is 4.79 Å². The van der Waals surface area contributed by atoms with Gasteiger partial charge in [0, 0.05) is 17.7 Å². The van der Waals surface area contributed by atoms with Crippen LogP contribution in [0.2, 0.25) is 5.02 Å². The molecule has 0 aliphatic rings. The van der Waals surface area contributed by atoms with E-state index in [-0.39, 0.29) is 5.91 Å². The molecule has 0 radical (unpaired) electrons. The maximum Gasteiger partial charge on any atom is 0.272 e. The topological polar surface area (TPSA) is 34.0 Å². The molecule has 88 valence electrons. The minimum absolute atomic E-state index is 0.189. The van der Waals surface area contributed by atoms with Crippen molar-refractivity contribution in [3.05, 3.63) is 51.7 Å². The highest BCUT2D eigenvalue weighted by molar-refractivity contribution is 9.10. The van der Waals surface area contributed by atoms with Crippen LogP contribution < -0.4 is 5.32 Å². The first-order valence-corrected chi connectivity index (χ1v) is 6.13. The van der Waals surface area contributed by atoms with Crippen molar-refractivity contribution in [2.75, 3.05) is 5.32 Å². The van der Waals surface area contributed by atoms with Gasteiger partial charge in [-0.3, -0.25) is 4.79 Å². The third-order valence-corrected chi connectivity index (χ3v) is 3.22. The van der Waals surface area contributed by atoms with Crippen molar-refractivity contribution in [3.63, 3.8) is 0 Å². The average Bonchev–Trinajstić information content (AvgIpc) is 2.61. The predicted octanol–water partition coefficient (Wildman–Crippen LogP) is 3.69. The summed E-state index contributed by atoms with van der Waals surface area (Å²) in [7, 11) is 1.78. The van der Waals surface area contributed by atoms with Crippen LogP contribution in [0.3, 0.4) is 0 Å². The van der Waals surface area contributed by atoms with Gasteiger partial charge in [0.05, 0.1) is 10.7 Å². The molecule has 0 saturated carbocycles. The van der Waals surface area contributed by atoms with Crippen molar-refractivity contribution in [1.82, 2.24) is 4.57 Å². The number of carbonyl (C=O) groups is 1. The third kappa shape index (κ3) is 2.70. The van der Waals surface area contributed by atoms with Crippen LogP contribution in [0.4, 0.5) is 5.69 Å². The Labute approximate surface area is 113 Å².